The molecule has 0 saturated heterocycles. The summed E-state index contributed by atoms with van der Waals surface area (Å²) in [4.78, 5) is 1.32. The Morgan fingerprint density at radius 2 is 1.91 bits per heavy atom. The number of aryl methyl sites for hydroxylation is 1. The Bertz CT molecular complexity index is 264. The molecule has 59 valence electrons. The minimum Gasteiger partial charge on any atom is -0.129 e. The van der Waals surface area contributed by atoms with Gasteiger partial charge in [0.05, 0.1) is 0 Å². The molecule has 0 spiro atoms. The number of thioether (sulfide) groups is 1. The number of rotatable bonds is 1. The molecule has 0 nitrogen and oxygen atoms in total. The van der Waals surface area contributed by atoms with Crippen LogP contribution in [0, 0.1) is 20.8 Å². The van der Waals surface area contributed by atoms with Crippen molar-refractivity contribution in [2.24, 2.45) is 0 Å². The number of hydrogen-bond donors (Lipinski definition) is 0. The van der Waals surface area contributed by atoms with Crippen molar-refractivity contribution in [1.82, 2.24) is 0 Å². The first-order valence-electron chi connectivity index (χ1n) is 3.63. The van der Waals surface area contributed by atoms with E-state index in [-0.39, 0.29) is 0 Å². The second-order valence-electron chi connectivity index (χ2n) is 2.70. The average Bonchev–Trinajstić information content (AvgIpc) is 1.99. The fourth-order valence-electron chi connectivity index (χ4n) is 1.13. The lowest BCUT2D eigenvalue weighted by atomic mass is 10.1. The van der Waals surface area contributed by atoms with Gasteiger partial charge >= 0.3 is 0 Å². The highest BCUT2D eigenvalue weighted by Gasteiger charge is 2.02. The van der Waals surface area contributed by atoms with Gasteiger partial charge in [-0.2, -0.15) is 0 Å². The zero-order valence-electron chi connectivity index (χ0n) is 7.27. The van der Waals surface area contributed by atoms with Gasteiger partial charge in [0, 0.05) is 4.90 Å². The van der Waals surface area contributed by atoms with Crippen LogP contribution in [-0.4, -0.2) is 6.26 Å². The summed E-state index contributed by atoms with van der Waals surface area (Å²) in [7, 11) is 0. The zero-order valence-corrected chi connectivity index (χ0v) is 8.09. The maximum absolute atomic E-state index is 3.97. The van der Waals surface area contributed by atoms with Crippen LogP contribution in [0.3, 0.4) is 0 Å². The minimum absolute atomic E-state index is 1.14. The first kappa shape index (κ1) is 8.66. The standard InChI is InChI=1S/C10H13S/c1-7-5-6-8(2)10(11-4)9(7)3/h5-6H,2H2,1,3-4H3. The highest BCUT2D eigenvalue weighted by atomic mass is 32.2. The molecule has 0 unspecified atom stereocenters. The van der Waals surface area contributed by atoms with E-state index in [2.05, 4.69) is 39.2 Å². The summed E-state index contributed by atoms with van der Waals surface area (Å²) < 4.78 is 0. The lowest BCUT2D eigenvalue weighted by molar-refractivity contribution is 1.21. The second kappa shape index (κ2) is 3.31. The molecule has 0 aliphatic heterocycles. The summed E-state index contributed by atoms with van der Waals surface area (Å²) in [6, 6.07) is 4.20. The summed E-state index contributed by atoms with van der Waals surface area (Å²) >= 11 is 1.77. The van der Waals surface area contributed by atoms with E-state index in [1.54, 1.807) is 11.8 Å². The van der Waals surface area contributed by atoms with Crippen LogP contribution in [0.4, 0.5) is 0 Å². The molecule has 0 atom stereocenters. The van der Waals surface area contributed by atoms with Gasteiger partial charge in [-0.05, 0) is 43.7 Å². The van der Waals surface area contributed by atoms with Gasteiger partial charge in [0.15, 0.2) is 0 Å². The van der Waals surface area contributed by atoms with Crippen LogP contribution in [0.2, 0.25) is 0 Å². The van der Waals surface area contributed by atoms with Crippen molar-refractivity contribution in [3.05, 3.63) is 35.7 Å². The lowest BCUT2D eigenvalue weighted by Gasteiger charge is -2.08. The van der Waals surface area contributed by atoms with E-state index in [0.717, 1.165) is 5.56 Å². The van der Waals surface area contributed by atoms with Crippen LogP contribution in [-0.2, 0) is 0 Å². The van der Waals surface area contributed by atoms with Crippen molar-refractivity contribution in [1.29, 1.82) is 0 Å². The Kier molecular flexibility index (Phi) is 2.61. The van der Waals surface area contributed by atoms with E-state index >= 15 is 0 Å². The molecule has 0 fully saturated rings. The molecule has 1 aromatic carbocycles. The first-order chi connectivity index (χ1) is 5.16. The quantitative estimate of drug-likeness (QED) is 0.576. The second-order valence-corrected chi connectivity index (χ2v) is 3.52. The highest BCUT2D eigenvalue weighted by molar-refractivity contribution is 7.98. The third-order valence-electron chi connectivity index (χ3n) is 1.96. The zero-order chi connectivity index (χ0) is 8.43. The van der Waals surface area contributed by atoms with Gasteiger partial charge in [-0.3, -0.25) is 0 Å². The molecule has 0 heterocycles. The summed E-state index contributed by atoms with van der Waals surface area (Å²) in [6.07, 6.45) is 2.09. The molecule has 1 aromatic rings. The lowest BCUT2D eigenvalue weighted by Crippen LogP contribution is -1.87. The summed E-state index contributed by atoms with van der Waals surface area (Å²) in [5, 5.41) is 0. The largest absolute Gasteiger partial charge is 0.129 e. The van der Waals surface area contributed by atoms with Gasteiger partial charge in [-0.15, -0.1) is 11.8 Å². The Morgan fingerprint density at radius 1 is 1.27 bits per heavy atom. The SMILES string of the molecule is [CH2]c1ccc(C)c(C)c1SC. The highest BCUT2D eigenvalue weighted by Crippen LogP contribution is 2.25. The Labute approximate surface area is 73.0 Å². The van der Waals surface area contributed by atoms with Crippen LogP contribution in [0.25, 0.3) is 0 Å². The fraction of sp³-hybridized carbons (Fsp3) is 0.300. The summed E-state index contributed by atoms with van der Waals surface area (Å²) in [6.45, 7) is 8.25. The molecule has 11 heavy (non-hydrogen) atoms. The third kappa shape index (κ3) is 1.59. The van der Waals surface area contributed by atoms with Gasteiger partial charge in [-0.25, -0.2) is 0 Å². The van der Waals surface area contributed by atoms with E-state index in [1.807, 2.05) is 0 Å². The third-order valence-corrected chi connectivity index (χ3v) is 2.94. The number of hydrogen-bond acceptors (Lipinski definition) is 1. The number of benzene rings is 1. The predicted octanol–water partition coefficient (Wildman–Crippen LogP) is 3.21. The van der Waals surface area contributed by atoms with Crippen molar-refractivity contribution >= 4 is 11.8 Å². The predicted molar refractivity (Wildman–Crippen MR) is 52.2 cm³/mol. The molecular weight excluding hydrogens is 152 g/mol. The molecule has 0 saturated carbocycles. The van der Waals surface area contributed by atoms with E-state index in [4.69, 9.17) is 0 Å². The molecule has 1 heteroatoms. The molecule has 0 aliphatic carbocycles. The van der Waals surface area contributed by atoms with Crippen LogP contribution in [0.1, 0.15) is 16.7 Å². The van der Waals surface area contributed by atoms with Gasteiger partial charge in [-0.1, -0.05) is 12.1 Å². The van der Waals surface area contributed by atoms with Crippen LogP contribution in [0.15, 0.2) is 17.0 Å². The van der Waals surface area contributed by atoms with E-state index < -0.39 is 0 Å². The van der Waals surface area contributed by atoms with Crippen molar-refractivity contribution in [3.63, 3.8) is 0 Å². The van der Waals surface area contributed by atoms with Crippen LogP contribution in [0.5, 0.6) is 0 Å². The van der Waals surface area contributed by atoms with E-state index in [1.165, 1.54) is 16.0 Å². The smallest absolute Gasteiger partial charge is 0.0133 e. The maximum atomic E-state index is 3.97. The minimum atomic E-state index is 1.14. The van der Waals surface area contributed by atoms with Crippen molar-refractivity contribution in [2.75, 3.05) is 6.26 Å². The molecule has 0 N–H and O–H groups in total. The van der Waals surface area contributed by atoms with Crippen LogP contribution >= 0.6 is 11.8 Å². The molecule has 0 aliphatic rings. The summed E-state index contributed by atoms with van der Waals surface area (Å²) in [5.74, 6) is 0. The normalized spacial score (nSPS) is 10.2. The molecule has 0 bridgehead atoms. The molecule has 0 aromatic heterocycles. The maximum Gasteiger partial charge on any atom is 0.0133 e. The van der Waals surface area contributed by atoms with E-state index in [0.29, 0.717) is 0 Å². The average molecular weight is 165 g/mol. The van der Waals surface area contributed by atoms with Crippen molar-refractivity contribution in [3.8, 4) is 0 Å². The van der Waals surface area contributed by atoms with Gasteiger partial charge in [0.25, 0.3) is 0 Å². The summed E-state index contributed by atoms with van der Waals surface area (Å²) in [5.41, 5.74) is 3.85. The fourth-order valence-corrected chi connectivity index (χ4v) is 1.93. The van der Waals surface area contributed by atoms with E-state index in [9.17, 15) is 0 Å². The Hall–Kier alpha value is -0.430. The monoisotopic (exact) mass is 165 g/mol. The van der Waals surface area contributed by atoms with Gasteiger partial charge in [0.1, 0.15) is 0 Å². The molecule has 1 radical (unpaired) electrons. The Balaban J connectivity index is 3.29. The van der Waals surface area contributed by atoms with Crippen LogP contribution < -0.4 is 0 Å². The van der Waals surface area contributed by atoms with Gasteiger partial charge in [0.2, 0.25) is 0 Å². The van der Waals surface area contributed by atoms with Gasteiger partial charge < -0.3 is 0 Å². The first-order valence-corrected chi connectivity index (χ1v) is 4.85. The molecule has 1 rings (SSSR count). The van der Waals surface area contributed by atoms with Crippen molar-refractivity contribution < 1.29 is 0 Å². The van der Waals surface area contributed by atoms with Crippen molar-refractivity contribution in [2.45, 2.75) is 18.7 Å². The topological polar surface area (TPSA) is 0 Å². The Morgan fingerprint density at radius 3 is 2.36 bits per heavy atom. The molecule has 0 amide bonds. The molecular formula is C10H13S.